The first-order valence-corrected chi connectivity index (χ1v) is 7.20. The molecular weight excluding hydrogens is 252 g/mol. The zero-order valence-electron chi connectivity index (χ0n) is 11.6. The first-order chi connectivity index (χ1) is 9.83. The number of nitrogens with zero attached hydrogens (tertiary/aromatic N) is 2. The predicted molar refractivity (Wildman–Crippen MR) is 78.5 cm³/mol. The van der Waals surface area contributed by atoms with Crippen molar-refractivity contribution < 1.29 is 4.79 Å². The summed E-state index contributed by atoms with van der Waals surface area (Å²) >= 11 is 0. The number of benzene rings is 1. The molecule has 2 aliphatic heterocycles. The maximum absolute atomic E-state index is 12.2. The highest BCUT2D eigenvalue weighted by atomic mass is 16.2. The van der Waals surface area contributed by atoms with Gasteiger partial charge in [-0.25, -0.2) is 0 Å². The third-order valence-electron chi connectivity index (χ3n) is 3.79. The number of carbonyl (C=O) groups is 1. The third-order valence-corrected chi connectivity index (χ3v) is 3.79. The summed E-state index contributed by atoms with van der Waals surface area (Å²) in [6, 6.07) is 8.35. The fourth-order valence-electron chi connectivity index (χ4n) is 2.63. The summed E-state index contributed by atoms with van der Waals surface area (Å²) in [5, 5.41) is 6.25. The molecule has 5 nitrogen and oxygen atoms in total. The number of hydrogen-bond acceptors (Lipinski definition) is 4. The van der Waals surface area contributed by atoms with E-state index in [9.17, 15) is 4.79 Å². The zero-order chi connectivity index (χ0) is 13.8. The van der Waals surface area contributed by atoms with Crippen LogP contribution in [0.1, 0.15) is 17.5 Å². The van der Waals surface area contributed by atoms with Gasteiger partial charge in [0.05, 0.1) is 6.54 Å². The van der Waals surface area contributed by atoms with Gasteiger partial charge in [0.15, 0.2) is 5.96 Å². The number of nitrogens with one attached hydrogen (secondary N) is 2. The first kappa shape index (κ1) is 13.0. The van der Waals surface area contributed by atoms with Gasteiger partial charge in [-0.05, 0) is 24.0 Å². The van der Waals surface area contributed by atoms with Gasteiger partial charge in [0.1, 0.15) is 0 Å². The van der Waals surface area contributed by atoms with Gasteiger partial charge >= 0.3 is 0 Å². The minimum atomic E-state index is 0.134. The molecular formula is C15H20N4O. The van der Waals surface area contributed by atoms with Crippen LogP contribution in [-0.2, 0) is 17.8 Å². The van der Waals surface area contributed by atoms with Crippen molar-refractivity contribution in [1.29, 1.82) is 0 Å². The lowest BCUT2D eigenvalue weighted by Crippen LogP contribution is -2.47. The van der Waals surface area contributed by atoms with Crippen molar-refractivity contribution in [2.24, 2.45) is 4.99 Å². The van der Waals surface area contributed by atoms with E-state index in [1.54, 1.807) is 0 Å². The molecule has 106 valence electrons. The minimum absolute atomic E-state index is 0.134. The van der Waals surface area contributed by atoms with Crippen molar-refractivity contribution in [3.05, 3.63) is 35.4 Å². The molecule has 0 spiro atoms. The average molecular weight is 272 g/mol. The zero-order valence-corrected chi connectivity index (χ0v) is 11.6. The van der Waals surface area contributed by atoms with E-state index in [4.69, 9.17) is 0 Å². The quantitative estimate of drug-likeness (QED) is 0.825. The van der Waals surface area contributed by atoms with Gasteiger partial charge in [-0.2, -0.15) is 0 Å². The SMILES string of the molecule is O=C(CNC1=NCCCN1)N1CCc2ccccc2C1. The molecule has 2 N–H and O–H groups in total. The topological polar surface area (TPSA) is 56.7 Å². The molecule has 0 bridgehead atoms. The van der Waals surface area contributed by atoms with E-state index < -0.39 is 0 Å². The molecule has 2 heterocycles. The molecule has 0 fully saturated rings. The summed E-state index contributed by atoms with van der Waals surface area (Å²) in [7, 11) is 0. The number of carbonyl (C=O) groups excluding carboxylic acids is 1. The van der Waals surface area contributed by atoms with Crippen molar-refractivity contribution in [3.8, 4) is 0 Å². The highest BCUT2D eigenvalue weighted by Crippen LogP contribution is 2.18. The van der Waals surface area contributed by atoms with Crippen LogP contribution in [-0.4, -0.2) is 42.9 Å². The lowest BCUT2D eigenvalue weighted by Gasteiger charge is -2.29. The first-order valence-electron chi connectivity index (χ1n) is 7.20. The Kier molecular flexibility index (Phi) is 3.85. The Morgan fingerprint density at radius 3 is 3.00 bits per heavy atom. The van der Waals surface area contributed by atoms with Crippen LogP contribution >= 0.6 is 0 Å². The maximum Gasteiger partial charge on any atom is 0.242 e. The van der Waals surface area contributed by atoms with E-state index in [0.29, 0.717) is 6.54 Å². The molecule has 1 aromatic carbocycles. The Labute approximate surface area is 119 Å². The van der Waals surface area contributed by atoms with E-state index in [1.807, 2.05) is 11.0 Å². The van der Waals surface area contributed by atoms with Crippen molar-refractivity contribution in [1.82, 2.24) is 15.5 Å². The number of guanidine groups is 1. The third kappa shape index (κ3) is 2.92. The average Bonchev–Trinajstić information content (AvgIpc) is 2.53. The summed E-state index contributed by atoms with van der Waals surface area (Å²) in [5.74, 6) is 0.886. The van der Waals surface area contributed by atoms with Crippen molar-refractivity contribution in [3.63, 3.8) is 0 Å². The van der Waals surface area contributed by atoms with Crippen molar-refractivity contribution in [2.75, 3.05) is 26.2 Å². The molecule has 0 unspecified atom stereocenters. The fourth-order valence-corrected chi connectivity index (χ4v) is 2.63. The smallest absolute Gasteiger partial charge is 0.242 e. The largest absolute Gasteiger partial charge is 0.356 e. The minimum Gasteiger partial charge on any atom is -0.356 e. The van der Waals surface area contributed by atoms with Crippen LogP contribution in [0.2, 0.25) is 0 Å². The number of fused-ring (bicyclic) bond motifs is 1. The molecule has 20 heavy (non-hydrogen) atoms. The fraction of sp³-hybridized carbons (Fsp3) is 0.467. The molecule has 0 radical (unpaired) electrons. The highest BCUT2D eigenvalue weighted by molar-refractivity contribution is 5.86. The Balaban J connectivity index is 1.55. The van der Waals surface area contributed by atoms with Crippen LogP contribution in [0.4, 0.5) is 0 Å². The predicted octanol–water partition coefficient (Wildman–Crippen LogP) is 0.510. The normalized spacial score (nSPS) is 17.8. The molecule has 0 aliphatic carbocycles. The Morgan fingerprint density at radius 2 is 2.20 bits per heavy atom. The summed E-state index contributed by atoms with van der Waals surface area (Å²) in [5.41, 5.74) is 2.63. The van der Waals surface area contributed by atoms with Crippen LogP contribution in [0.5, 0.6) is 0 Å². The van der Waals surface area contributed by atoms with E-state index >= 15 is 0 Å². The maximum atomic E-state index is 12.2. The van der Waals surface area contributed by atoms with Gasteiger partial charge in [-0.3, -0.25) is 9.79 Å². The summed E-state index contributed by atoms with van der Waals surface area (Å²) in [4.78, 5) is 18.5. The number of amides is 1. The van der Waals surface area contributed by atoms with Gasteiger partial charge in [0, 0.05) is 26.2 Å². The van der Waals surface area contributed by atoms with Crippen molar-refractivity contribution >= 4 is 11.9 Å². The van der Waals surface area contributed by atoms with Crippen LogP contribution in [0.15, 0.2) is 29.3 Å². The van der Waals surface area contributed by atoms with E-state index in [0.717, 1.165) is 45.0 Å². The molecule has 0 saturated carbocycles. The Bertz CT molecular complexity index is 526. The number of rotatable bonds is 2. The van der Waals surface area contributed by atoms with E-state index in [2.05, 4.69) is 33.8 Å². The van der Waals surface area contributed by atoms with Gasteiger partial charge in [-0.15, -0.1) is 0 Å². The van der Waals surface area contributed by atoms with E-state index in [-0.39, 0.29) is 5.91 Å². The molecule has 1 amide bonds. The second-order valence-corrected chi connectivity index (χ2v) is 5.20. The number of hydrogen-bond donors (Lipinski definition) is 2. The Hall–Kier alpha value is -2.04. The van der Waals surface area contributed by atoms with Crippen LogP contribution < -0.4 is 10.6 Å². The molecule has 1 aromatic rings. The van der Waals surface area contributed by atoms with Crippen LogP contribution in [0, 0.1) is 0 Å². The van der Waals surface area contributed by atoms with E-state index in [1.165, 1.54) is 11.1 Å². The standard InChI is InChI=1S/C15H20N4O/c20-14(10-18-15-16-7-3-8-17-15)19-9-6-12-4-1-2-5-13(12)11-19/h1-2,4-5H,3,6-11H2,(H2,16,17,18). The monoisotopic (exact) mass is 272 g/mol. The molecule has 0 saturated heterocycles. The van der Waals surface area contributed by atoms with Crippen LogP contribution in [0.25, 0.3) is 0 Å². The molecule has 0 atom stereocenters. The molecule has 3 rings (SSSR count). The van der Waals surface area contributed by atoms with Crippen LogP contribution in [0.3, 0.4) is 0 Å². The van der Waals surface area contributed by atoms with Crippen molar-refractivity contribution in [2.45, 2.75) is 19.4 Å². The lowest BCUT2D eigenvalue weighted by molar-refractivity contribution is -0.130. The highest BCUT2D eigenvalue weighted by Gasteiger charge is 2.20. The number of aliphatic imine (C=N–C) groups is 1. The molecule has 5 heteroatoms. The Morgan fingerprint density at radius 1 is 1.35 bits per heavy atom. The van der Waals surface area contributed by atoms with Gasteiger partial charge < -0.3 is 15.5 Å². The summed E-state index contributed by atoms with van der Waals surface area (Å²) in [6.07, 6.45) is 2.00. The van der Waals surface area contributed by atoms with Gasteiger partial charge in [-0.1, -0.05) is 24.3 Å². The second kappa shape index (κ2) is 5.94. The summed E-state index contributed by atoms with van der Waals surface area (Å²) in [6.45, 7) is 3.60. The van der Waals surface area contributed by atoms with Gasteiger partial charge in [0.2, 0.25) is 5.91 Å². The molecule has 0 aromatic heterocycles. The molecule has 2 aliphatic rings. The second-order valence-electron chi connectivity index (χ2n) is 5.20. The lowest BCUT2D eigenvalue weighted by atomic mass is 10.00. The van der Waals surface area contributed by atoms with Gasteiger partial charge in [0.25, 0.3) is 0 Å². The summed E-state index contributed by atoms with van der Waals surface area (Å²) < 4.78 is 0.